The van der Waals surface area contributed by atoms with Gasteiger partial charge in [0.05, 0.1) is 17.3 Å². The number of cyclic esters (lactones) is 1. The normalized spacial score (nSPS) is 17.6. The van der Waals surface area contributed by atoms with E-state index in [1.54, 1.807) is 11.8 Å². The molecule has 168 valence electrons. The molecule has 0 fully saturated rings. The maximum atomic E-state index is 12.4. The fourth-order valence-electron chi connectivity index (χ4n) is 4.32. The van der Waals surface area contributed by atoms with Gasteiger partial charge in [0.25, 0.3) is 5.70 Å². The fourth-order valence-corrected chi connectivity index (χ4v) is 5.43. The van der Waals surface area contributed by atoms with Crippen molar-refractivity contribution < 1.29 is 9.53 Å². The molecule has 0 saturated carbocycles. The summed E-state index contributed by atoms with van der Waals surface area (Å²) in [7, 11) is 0. The van der Waals surface area contributed by atoms with Crippen LogP contribution in [0.3, 0.4) is 0 Å². The highest BCUT2D eigenvalue weighted by atomic mass is 32.2. The topological polar surface area (TPSA) is 33.9 Å². The van der Waals surface area contributed by atoms with Crippen LogP contribution in [-0.4, -0.2) is 12.5 Å². The van der Waals surface area contributed by atoms with Crippen LogP contribution in [0.15, 0.2) is 94.2 Å². The number of hydrogen-bond acceptors (Lipinski definition) is 4. The number of unbranched alkanes of at least 4 members (excludes halogenated alkanes) is 1. The second-order valence-electron chi connectivity index (χ2n) is 8.37. The molecule has 2 heterocycles. The van der Waals surface area contributed by atoms with Crippen LogP contribution in [0.25, 0.3) is 21.2 Å². The van der Waals surface area contributed by atoms with Crippen LogP contribution in [-0.2, 0) is 9.53 Å². The van der Waals surface area contributed by atoms with Crippen molar-refractivity contribution in [1.29, 1.82) is 0 Å². The first-order valence-corrected chi connectivity index (χ1v) is 12.2. The van der Waals surface area contributed by atoms with Crippen molar-refractivity contribution in [2.75, 3.05) is 11.4 Å². The predicted octanol–water partition coefficient (Wildman–Crippen LogP) is 7.47. The molecule has 0 aliphatic carbocycles. The molecule has 4 nitrogen and oxygen atoms in total. The average Bonchev–Trinajstić information content (AvgIpc) is 3.38. The molecule has 34 heavy (non-hydrogen) atoms. The monoisotopic (exact) mass is 464 g/mol. The molecule has 5 heteroatoms. The first-order chi connectivity index (χ1) is 16.6. The number of aryl methyl sites for hydroxylation is 1. The Morgan fingerprint density at radius 1 is 1.06 bits per heavy atom. The van der Waals surface area contributed by atoms with Crippen LogP contribution in [0, 0.1) is 13.5 Å². The molecule has 0 bridgehead atoms. The Balaban J connectivity index is 1.58. The van der Waals surface area contributed by atoms with Crippen molar-refractivity contribution in [2.24, 2.45) is 0 Å². The number of benzene rings is 3. The van der Waals surface area contributed by atoms with E-state index in [0.717, 1.165) is 35.5 Å². The summed E-state index contributed by atoms with van der Waals surface area (Å²) in [6.45, 7) is 12.6. The standard InChI is InChI=1S/C29H24N2O2S/c1-4-5-18-31-25(34-24-16-14-20-8-6-7-9-22(20)28(24)31)17-15-23-26(27(30-3)29(32)33-23)21-12-10-19(2)11-13-21/h6-17H,4-5,18H2,1-2H3/b23-15?,25-17-. The minimum absolute atomic E-state index is 0.0321. The number of hydrogen-bond donors (Lipinski definition) is 0. The van der Waals surface area contributed by atoms with E-state index in [-0.39, 0.29) is 5.70 Å². The van der Waals surface area contributed by atoms with Gasteiger partial charge >= 0.3 is 5.97 Å². The summed E-state index contributed by atoms with van der Waals surface area (Å²) < 4.78 is 5.55. The van der Waals surface area contributed by atoms with Gasteiger partial charge in [-0.3, -0.25) is 4.79 Å². The average molecular weight is 465 g/mol. The van der Waals surface area contributed by atoms with Crippen LogP contribution in [0.1, 0.15) is 30.9 Å². The molecule has 2 aliphatic rings. The van der Waals surface area contributed by atoms with Gasteiger partial charge in [0.2, 0.25) is 0 Å². The van der Waals surface area contributed by atoms with E-state index >= 15 is 0 Å². The molecule has 0 aromatic heterocycles. The van der Waals surface area contributed by atoms with E-state index in [1.165, 1.54) is 21.4 Å². The van der Waals surface area contributed by atoms with Crippen molar-refractivity contribution in [2.45, 2.75) is 31.6 Å². The molecule has 0 N–H and O–H groups in total. The van der Waals surface area contributed by atoms with Gasteiger partial charge in [-0.05, 0) is 42.5 Å². The number of carbonyl (C=O) groups is 1. The van der Waals surface area contributed by atoms with E-state index in [9.17, 15) is 4.79 Å². The number of anilines is 1. The zero-order chi connectivity index (χ0) is 23.7. The number of rotatable bonds is 5. The number of esters is 1. The fraction of sp³-hybridized carbons (Fsp3) is 0.172. The predicted molar refractivity (Wildman–Crippen MR) is 139 cm³/mol. The third-order valence-electron chi connectivity index (χ3n) is 6.06. The van der Waals surface area contributed by atoms with Gasteiger partial charge in [-0.25, -0.2) is 4.85 Å². The number of fused-ring (bicyclic) bond motifs is 3. The molecule has 0 saturated heterocycles. The van der Waals surface area contributed by atoms with Crippen LogP contribution >= 0.6 is 11.8 Å². The van der Waals surface area contributed by atoms with Gasteiger partial charge in [-0.2, -0.15) is 0 Å². The van der Waals surface area contributed by atoms with Crippen LogP contribution in [0.5, 0.6) is 0 Å². The van der Waals surface area contributed by atoms with Gasteiger partial charge in [0.1, 0.15) is 5.76 Å². The Morgan fingerprint density at radius 2 is 1.85 bits per heavy atom. The lowest BCUT2D eigenvalue weighted by Crippen LogP contribution is -2.19. The molecule has 5 rings (SSSR count). The summed E-state index contributed by atoms with van der Waals surface area (Å²) in [6.07, 6.45) is 6.02. The minimum Gasteiger partial charge on any atom is -0.432 e. The Kier molecular flexibility index (Phi) is 6.00. The number of thioether (sulfide) groups is 1. The molecule has 3 aromatic rings. The summed E-state index contributed by atoms with van der Waals surface area (Å²) in [6, 6.07) is 20.6. The van der Waals surface area contributed by atoms with Crippen LogP contribution in [0.4, 0.5) is 5.69 Å². The first-order valence-electron chi connectivity index (χ1n) is 11.4. The number of allylic oxidation sites excluding steroid dienone is 3. The zero-order valence-electron chi connectivity index (χ0n) is 19.2. The van der Waals surface area contributed by atoms with Gasteiger partial charge in [-0.1, -0.05) is 85.3 Å². The van der Waals surface area contributed by atoms with Crippen molar-refractivity contribution in [3.63, 3.8) is 0 Å². The summed E-state index contributed by atoms with van der Waals surface area (Å²) in [5.41, 5.74) is 3.75. The van der Waals surface area contributed by atoms with Crippen molar-refractivity contribution in [1.82, 2.24) is 0 Å². The molecular weight excluding hydrogens is 440 g/mol. The maximum Gasteiger partial charge on any atom is 0.342 e. The quantitative estimate of drug-likeness (QED) is 0.290. The molecule has 0 unspecified atom stereocenters. The second kappa shape index (κ2) is 9.24. The molecular formula is C29H24N2O2S. The highest BCUT2D eigenvalue weighted by molar-refractivity contribution is 8.03. The number of carbonyl (C=O) groups excluding carboxylic acids is 1. The van der Waals surface area contributed by atoms with E-state index < -0.39 is 5.97 Å². The van der Waals surface area contributed by atoms with Gasteiger partial charge in [0.15, 0.2) is 0 Å². The largest absolute Gasteiger partial charge is 0.432 e. The smallest absolute Gasteiger partial charge is 0.342 e. The molecule has 3 aromatic carbocycles. The van der Waals surface area contributed by atoms with Crippen LogP contribution in [0.2, 0.25) is 0 Å². The Morgan fingerprint density at radius 3 is 2.62 bits per heavy atom. The highest BCUT2D eigenvalue weighted by Crippen LogP contribution is 2.49. The van der Waals surface area contributed by atoms with Crippen LogP contribution < -0.4 is 4.90 Å². The maximum absolute atomic E-state index is 12.4. The lowest BCUT2D eigenvalue weighted by Gasteiger charge is -2.21. The zero-order valence-corrected chi connectivity index (χ0v) is 20.0. The van der Waals surface area contributed by atoms with Gasteiger partial charge in [-0.15, -0.1) is 0 Å². The summed E-state index contributed by atoms with van der Waals surface area (Å²) >= 11 is 1.72. The molecule has 0 radical (unpaired) electrons. The van der Waals surface area contributed by atoms with Gasteiger partial charge in [0, 0.05) is 22.4 Å². The SMILES string of the molecule is [C-]#[N+]C1=C(c2ccc(C)cc2)C(=C/C=C2\Sc3ccc4ccccc4c3N2CCCC)OC1=O. The molecule has 0 spiro atoms. The van der Waals surface area contributed by atoms with E-state index in [1.807, 2.05) is 43.3 Å². The highest BCUT2D eigenvalue weighted by Gasteiger charge is 2.32. The van der Waals surface area contributed by atoms with E-state index in [2.05, 4.69) is 53.1 Å². The third kappa shape index (κ3) is 3.91. The minimum atomic E-state index is -0.591. The molecule has 0 atom stereocenters. The Labute approximate surface area is 204 Å². The Bertz CT molecular complexity index is 1420. The van der Waals surface area contributed by atoms with E-state index in [0.29, 0.717) is 11.3 Å². The number of ether oxygens (including phenoxy) is 1. The second-order valence-corrected chi connectivity index (χ2v) is 9.43. The lowest BCUT2D eigenvalue weighted by molar-refractivity contribution is -0.132. The Hall–Kier alpha value is -3.75. The van der Waals surface area contributed by atoms with E-state index in [4.69, 9.17) is 11.3 Å². The number of nitrogens with zero attached hydrogens (tertiary/aromatic N) is 2. The first kappa shape index (κ1) is 22.1. The summed E-state index contributed by atoms with van der Waals surface area (Å²) in [5.74, 6) is -0.171. The molecule has 0 amide bonds. The van der Waals surface area contributed by atoms with Crippen molar-refractivity contribution in [3.05, 3.63) is 112 Å². The summed E-state index contributed by atoms with van der Waals surface area (Å²) in [5, 5.41) is 3.55. The lowest BCUT2D eigenvalue weighted by atomic mass is 10.0. The third-order valence-corrected chi connectivity index (χ3v) is 7.17. The van der Waals surface area contributed by atoms with Gasteiger partial charge < -0.3 is 9.64 Å². The van der Waals surface area contributed by atoms with Crippen molar-refractivity contribution in [3.8, 4) is 0 Å². The summed E-state index contributed by atoms with van der Waals surface area (Å²) in [4.78, 5) is 19.5. The van der Waals surface area contributed by atoms with Crippen molar-refractivity contribution >= 4 is 39.8 Å². The molecule has 2 aliphatic heterocycles.